The molecule has 0 bridgehead atoms. The van der Waals surface area contributed by atoms with Crippen LogP contribution in [0.2, 0.25) is 0 Å². The molecule has 0 aromatic heterocycles. The van der Waals surface area contributed by atoms with Gasteiger partial charge in [-0.1, -0.05) is 45.4 Å². The summed E-state index contributed by atoms with van der Waals surface area (Å²) in [6.07, 6.45) is 3.82. The summed E-state index contributed by atoms with van der Waals surface area (Å²) in [5.41, 5.74) is 3.57. The van der Waals surface area contributed by atoms with Gasteiger partial charge in [0.05, 0.1) is 11.1 Å². The molecule has 0 saturated heterocycles. The van der Waals surface area contributed by atoms with Gasteiger partial charge in [-0.2, -0.15) is 0 Å². The highest BCUT2D eigenvalue weighted by atomic mass is 16.7. The molecule has 0 atom stereocenters. The number of hydrogen-bond donors (Lipinski definition) is 0. The van der Waals surface area contributed by atoms with E-state index in [4.69, 9.17) is 47.4 Å². The summed E-state index contributed by atoms with van der Waals surface area (Å²) >= 11 is 0. The van der Waals surface area contributed by atoms with Gasteiger partial charge in [-0.25, -0.2) is 28.8 Å². The van der Waals surface area contributed by atoms with Gasteiger partial charge in [-0.3, -0.25) is 0 Å². The van der Waals surface area contributed by atoms with Crippen LogP contribution in [0, 0.1) is 0 Å². The second-order valence-corrected chi connectivity index (χ2v) is 12.0. The number of hydrogen-bond acceptors (Lipinski definition) is 16. The Balaban J connectivity index is 1.28. The van der Waals surface area contributed by atoms with Crippen LogP contribution in [0.5, 0.6) is 34.5 Å². The quantitative estimate of drug-likeness (QED) is 0.0307. The van der Waals surface area contributed by atoms with Crippen molar-refractivity contribution in [2.24, 2.45) is 0 Å². The molecule has 0 unspecified atom stereocenters. The zero-order chi connectivity index (χ0) is 43.2. The lowest BCUT2D eigenvalue weighted by Crippen LogP contribution is -2.13. The van der Waals surface area contributed by atoms with Gasteiger partial charge in [0, 0.05) is 30.2 Å². The maximum atomic E-state index is 13.3. The number of benzene rings is 4. The van der Waals surface area contributed by atoms with Crippen molar-refractivity contribution in [1.82, 2.24) is 0 Å². The lowest BCUT2D eigenvalue weighted by Gasteiger charge is -2.14. The van der Waals surface area contributed by atoms with Gasteiger partial charge in [0.1, 0.15) is 11.5 Å². The summed E-state index contributed by atoms with van der Waals surface area (Å²) in [6, 6.07) is 18.6. The van der Waals surface area contributed by atoms with Crippen LogP contribution in [0.4, 0.5) is 0 Å². The Morgan fingerprint density at radius 1 is 0.467 bits per heavy atom. The van der Waals surface area contributed by atoms with Crippen LogP contribution in [0.3, 0.4) is 0 Å². The fourth-order valence-electron chi connectivity index (χ4n) is 5.49. The first kappa shape index (κ1) is 43.0. The SMILES string of the molecule is C=CC(=O)OCOc1ccc(C(=O)Oc2ccc3c(c2)C(C)c2cc(OC(=O)c4ccc(OCOC(=O)C=C)c(OCOC(=O)C=C)c4)ccc2-3)cc1OCOC(=O)C=C. The summed E-state index contributed by atoms with van der Waals surface area (Å²) in [5.74, 6) is -4.02. The molecule has 60 heavy (non-hydrogen) atoms. The largest absolute Gasteiger partial charge is 0.453 e. The molecular formula is C44H36O16. The number of ether oxygens (including phenoxy) is 10. The zero-order valence-corrected chi connectivity index (χ0v) is 32.0. The summed E-state index contributed by atoms with van der Waals surface area (Å²) in [6.45, 7) is 13.1. The molecule has 0 N–H and O–H groups in total. The lowest BCUT2D eigenvalue weighted by atomic mass is 9.99. The normalized spacial score (nSPS) is 10.9. The van der Waals surface area contributed by atoms with E-state index >= 15 is 0 Å². The molecule has 0 amide bonds. The first-order valence-corrected chi connectivity index (χ1v) is 17.6. The predicted molar refractivity (Wildman–Crippen MR) is 209 cm³/mol. The van der Waals surface area contributed by atoms with E-state index < -0.39 is 63.0 Å². The Kier molecular flexibility index (Phi) is 14.6. The highest BCUT2D eigenvalue weighted by Gasteiger charge is 2.28. The molecule has 1 aliphatic carbocycles. The van der Waals surface area contributed by atoms with Gasteiger partial charge < -0.3 is 47.4 Å². The number of rotatable bonds is 20. The van der Waals surface area contributed by atoms with Gasteiger partial charge in [-0.15, -0.1) is 0 Å². The van der Waals surface area contributed by atoms with Crippen LogP contribution in [-0.2, 0) is 38.1 Å². The number of carbonyl (C=O) groups is 6. The van der Waals surface area contributed by atoms with Crippen molar-refractivity contribution in [3.05, 3.63) is 146 Å². The summed E-state index contributed by atoms with van der Waals surface area (Å²) in [7, 11) is 0. The van der Waals surface area contributed by atoms with Gasteiger partial charge >= 0.3 is 35.8 Å². The van der Waals surface area contributed by atoms with E-state index in [0.717, 1.165) is 46.6 Å². The topological polar surface area (TPSA) is 195 Å². The third-order valence-electron chi connectivity index (χ3n) is 8.38. The van der Waals surface area contributed by atoms with E-state index in [1.165, 1.54) is 36.4 Å². The average Bonchev–Trinajstić information content (AvgIpc) is 3.53. The first-order chi connectivity index (χ1) is 28.9. The minimum Gasteiger partial charge on any atom is -0.453 e. The molecule has 0 spiro atoms. The predicted octanol–water partition coefficient (Wildman–Crippen LogP) is 6.52. The highest BCUT2D eigenvalue weighted by Crippen LogP contribution is 2.47. The zero-order valence-electron chi connectivity index (χ0n) is 32.0. The third kappa shape index (κ3) is 11.0. The van der Waals surface area contributed by atoms with Crippen molar-refractivity contribution in [2.45, 2.75) is 12.8 Å². The molecular weight excluding hydrogens is 784 g/mol. The van der Waals surface area contributed by atoms with Crippen molar-refractivity contribution in [2.75, 3.05) is 27.2 Å². The van der Waals surface area contributed by atoms with Crippen LogP contribution in [0.25, 0.3) is 11.1 Å². The number of carbonyl (C=O) groups excluding carboxylic acids is 6. The highest BCUT2D eigenvalue weighted by molar-refractivity contribution is 5.93. The van der Waals surface area contributed by atoms with Crippen molar-refractivity contribution in [3.63, 3.8) is 0 Å². The third-order valence-corrected chi connectivity index (χ3v) is 8.38. The molecule has 16 heteroatoms. The molecule has 0 fully saturated rings. The minimum absolute atomic E-state index is 0.0133. The first-order valence-electron chi connectivity index (χ1n) is 17.6. The average molecular weight is 821 g/mol. The van der Waals surface area contributed by atoms with E-state index in [0.29, 0.717) is 0 Å². The Labute approximate surface area is 342 Å². The van der Waals surface area contributed by atoms with Crippen molar-refractivity contribution >= 4 is 35.8 Å². The molecule has 0 heterocycles. The molecule has 308 valence electrons. The van der Waals surface area contributed by atoms with Crippen molar-refractivity contribution in [3.8, 4) is 45.6 Å². The van der Waals surface area contributed by atoms with E-state index in [-0.39, 0.29) is 51.5 Å². The van der Waals surface area contributed by atoms with Crippen LogP contribution in [0.15, 0.2) is 123 Å². The number of esters is 6. The standard InChI is InChI=1S/C44H36O16/c1-6-39(45)55-22-51-35-16-10-27(18-37(35)53-24-57-41(47)8-3)43(49)59-29-12-14-31-32-15-13-30(21-34(32)26(5)33(31)20-29)60-44(50)28-11-17-36(52-23-56-40(46)7-2)38(19-28)54-25-58-42(48)9-4/h6-21,26H,1-4,22-25H2,5H3. The second kappa shape index (κ2) is 20.3. The van der Waals surface area contributed by atoms with E-state index in [1.54, 1.807) is 24.3 Å². The number of fused-ring (bicyclic) bond motifs is 3. The molecule has 0 aliphatic heterocycles. The van der Waals surface area contributed by atoms with E-state index in [1.807, 2.05) is 19.1 Å². The van der Waals surface area contributed by atoms with Crippen LogP contribution in [0.1, 0.15) is 44.7 Å². The van der Waals surface area contributed by atoms with Gasteiger partial charge in [0.25, 0.3) is 0 Å². The molecule has 5 rings (SSSR count). The monoisotopic (exact) mass is 820 g/mol. The van der Waals surface area contributed by atoms with E-state index in [2.05, 4.69) is 26.3 Å². The smallest absolute Gasteiger partial charge is 0.343 e. The molecule has 4 aromatic rings. The van der Waals surface area contributed by atoms with Crippen LogP contribution in [-0.4, -0.2) is 63.0 Å². The fraction of sp³-hybridized carbons (Fsp3) is 0.136. The molecule has 1 aliphatic rings. The fourth-order valence-corrected chi connectivity index (χ4v) is 5.49. The summed E-state index contributed by atoms with van der Waals surface area (Å²) < 4.78 is 52.8. The minimum atomic E-state index is -0.744. The molecule has 16 nitrogen and oxygen atoms in total. The van der Waals surface area contributed by atoms with Crippen LogP contribution < -0.4 is 28.4 Å². The summed E-state index contributed by atoms with van der Waals surface area (Å²) in [5, 5.41) is 0. The maximum Gasteiger partial charge on any atom is 0.343 e. The van der Waals surface area contributed by atoms with Gasteiger partial charge in [-0.05, 0) is 82.9 Å². The van der Waals surface area contributed by atoms with Crippen molar-refractivity contribution in [1.29, 1.82) is 0 Å². The van der Waals surface area contributed by atoms with Crippen molar-refractivity contribution < 1.29 is 76.1 Å². The lowest BCUT2D eigenvalue weighted by molar-refractivity contribution is -0.146. The van der Waals surface area contributed by atoms with Gasteiger partial charge in [0.2, 0.25) is 27.2 Å². The molecule has 4 aromatic carbocycles. The van der Waals surface area contributed by atoms with Crippen LogP contribution >= 0.6 is 0 Å². The molecule has 0 radical (unpaired) electrons. The molecule has 0 saturated carbocycles. The Morgan fingerprint density at radius 3 is 1.13 bits per heavy atom. The maximum absolute atomic E-state index is 13.3. The Hall–Kier alpha value is -8.14. The second-order valence-electron chi connectivity index (χ2n) is 12.0. The van der Waals surface area contributed by atoms with E-state index in [9.17, 15) is 28.8 Å². The van der Waals surface area contributed by atoms with Gasteiger partial charge in [0.15, 0.2) is 23.0 Å². The Bertz CT molecular complexity index is 2200. The Morgan fingerprint density at radius 2 is 0.800 bits per heavy atom. The summed E-state index contributed by atoms with van der Waals surface area (Å²) in [4.78, 5) is 72.5.